The number of hydrogen-bond donors (Lipinski definition) is 3. The standard InChI is InChI=1S/C16H21N5O2S/c1-21(2)8-7-14(22)18-11-3-5-12(6-4-11)19-16(23)13-10-24-15(9-17)20-13/h3-6,10H,7-9,17H2,1-2H3,(H,18,22)(H,19,23). The second-order valence-corrected chi connectivity index (χ2v) is 6.41. The fourth-order valence-electron chi connectivity index (χ4n) is 1.89. The van der Waals surface area contributed by atoms with Crippen LogP contribution in [0.2, 0.25) is 0 Å². The van der Waals surface area contributed by atoms with Gasteiger partial charge in [-0.05, 0) is 38.4 Å². The van der Waals surface area contributed by atoms with E-state index in [2.05, 4.69) is 15.6 Å². The number of rotatable bonds is 7. The van der Waals surface area contributed by atoms with Crippen molar-refractivity contribution in [2.75, 3.05) is 31.3 Å². The Morgan fingerprint density at radius 2 is 1.79 bits per heavy atom. The van der Waals surface area contributed by atoms with E-state index >= 15 is 0 Å². The molecule has 4 N–H and O–H groups in total. The first-order chi connectivity index (χ1) is 11.5. The summed E-state index contributed by atoms with van der Waals surface area (Å²) in [7, 11) is 3.84. The predicted molar refractivity (Wildman–Crippen MR) is 96.2 cm³/mol. The highest BCUT2D eigenvalue weighted by Gasteiger charge is 2.10. The van der Waals surface area contributed by atoms with Crippen molar-refractivity contribution in [2.24, 2.45) is 5.73 Å². The quantitative estimate of drug-likeness (QED) is 0.708. The summed E-state index contributed by atoms with van der Waals surface area (Å²) in [5.74, 6) is -0.328. The highest BCUT2D eigenvalue weighted by molar-refractivity contribution is 7.09. The van der Waals surface area contributed by atoms with Crippen LogP contribution in [0.3, 0.4) is 0 Å². The Labute approximate surface area is 144 Å². The third-order valence-corrected chi connectivity index (χ3v) is 4.04. The zero-order valence-corrected chi connectivity index (χ0v) is 14.5. The summed E-state index contributed by atoms with van der Waals surface area (Å²) >= 11 is 1.36. The molecule has 2 amide bonds. The van der Waals surface area contributed by atoms with E-state index in [-0.39, 0.29) is 11.8 Å². The zero-order valence-electron chi connectivity index (χ0n) is 13.7. The predicted octanol–water partition coefficient (Wildman–Crippen LogP) is 1.74. The van der Waals surface area contributed by atoms with Crippen LogP contribution in [0.4, 0.5) is 11.4 Å². The number of anilines is 2. The monoisotopic (exact) mass is 347 g/mol. The maximum absolute atomic E-state index is 12.1. The number of nitrogens with one attached hydrogen (secondary N) is 2. The molecule has 0 fully saturated rings. The lowest BCUT2D eigenvalue weighted by molar-refractivity contribution is -0.116. The van der Waals surface area contributed by atoms with E-state index in [1.807, 2.05) is 19.0 Å². The molecule has 0 aliphatic rings. The maximum Gasteiger partial charge on any atom is 0.275 e. The minimum atomic E-state index is -0.284. The van der Waals surface area contributed by atoms with Gasteiger partial charge in [-0.1, -0.05) is 0 Å². The number of carbonyl (C=O) groups excluding carboxylic acids is 2. The highest BCUT2D eigenvalue weighted by atomic mass is 32.1. The van der Waals surface area contributed by atoms with Gasteiger partial charge in [0.05, 0.1) is 0 Å². The average molecular weight is 347 g/mol. The summed E-state index contributed by atoms with van der Waals surface area (Å²) in [6.45, 7) is 1.01. The molecule has 8 heteroatoms. The van der Waals surface area contributed by atoms with Gasteiger partial charge in [-0.2, -0.15) is 0 Å². The smallest absolute Gasteiger partial charge is 0.275 e. The summed E-state index contributed by atoms with van der Waals surface area (Å²) in [6.07, 6.45) is 0.429. The molecule has 128 valence electrons. The summed E-state index contributed by atoms with van der Waals surface area (Å²) in [4.78, 5) is 29.9. The van der Waals surface area contributed by atoms with Gasteiger partial charge in [-0.3, -0.25) is 9.59 Å². The molecule has 1 heterocycles. The van der Waals surface area contributed by atoms with Gasteiger partial charge in [0.2, 0.25) is 5.91 Å². The van der Waals surface area contributed by atoms with E-state index in [1.54, 1.807) is 29.6 Å². The van der Waals surface area contributed by atoms with E-state index in [4.69, 9.17) is 5.73 Å². The molecule has 7 nitrogen and oxygen atoms in total. The minimum absolute atomic E-state index is 0.0442. The van der Waals surface area contributed by atoms with Gasteiger partial charge in [-0.15, -0.1) is 11.3 Å². The summed E-state index contributed by atoms with van der Waals surface area (Å²) in [5, 5.41) is 7.97. The lowest BCUT2D eigenvalue weighted by Gasteiger charge is -2.10. The Hall–Kier alpha value is -2.29. The molecule has 2 aromatic rings. The number of aromatic nitrogens is 1. The SMILES string of the molecule is CN(C)CCC(=O)Nc1ccc(NC(=O)c2csc(CN)n2)cc1. The molecule has 0 saturated carbocycles. The molecule has 1 aromatic carbocycles. The number of nitrogens with two attached hydrogens (primary N) is 1. The van der Waals surface area contributed by atoms with Gasteiger partial charge >= 0.3 is 0 Å². The summed E-state index contributed by atoms with van der Waals surface area (Å²) < 4.78 is 0. The third kappa shape index (κ3) is 5.41. The largest absolute Gasteiger partial charge is 0.326 e. The first kappa shape index (κ1) is 18.1. The summed E-state index contributed by atoms with van der Waals surface area (Å²) in [6, 6.07) is 6.95. The molecule has 1 aromatic heterocycles. The topological polar surface area (TPSA) is 100 Å². The molecule has 0 spiro atoms. The average Bonchev–Trinajstić information content (AvgIpc) is 3.04. The van der Waals surface area contributed by atoms with Crippen LogP contribution in [0.15, 0.2) is 29.6 Å². The van der Waals surface area contributed by atoms with Crippen LogP contribution >= 0.6 is 11.3 Å². The molecule has 2 rings (SSSR count). The van der Waals surface area contributed by atoms with Gasteiger partial charge < -0.3 is 21.3 Å². The zero-order chi connectivity index (χ0) is 17.5. The Morgan fingerprint density at radius 3 is 2.33 bits per heavy atom. The lowest BCUT2D eigenvalue weighted by Crippen LogP contribution is -2.20. The van der Waals surface area contributed by atoms with E-state index < -0.39 is 0 Å². The minimum Gasteiger partial charge on any atom is -0.326 e. The molecule has 0 aliphatic heterocycles. The van der Waals surface area contributed by atoms with E-state index in [9.17, 15) is 9.59 Å². The van der Waals surface area contributed by atoms with Crippen molar-refractivity contribution >= 4 is 34.5 Å². The molecular formula is C16H21N5O2S. The van der Waals surface area contributed by atoms with Crippen molar-refractivity contribution < 1.29 is 9.59 Å². The first-order valence-corrected chi connectivity index (χ1v) is 8.36. The van der Waals surface area contributed by atoms with Gasteiger partial charge in [-0.25, -0.2) is 4.98 Å². The molecule has 0 unspecified atom stereocenters. The normalized spacial score (nSPS) is 10.7. The van der Waals surface area contributed by atoms with E-state index in [0.29, 0.717) is 36.6 Å². The molecule has 0 atom stereocenters. The van der Waals surface area contributed by atoms with Gasteiger partial charge in [0.15, 0.2) is 0 Å². The molecule has 0 radical (unpaired) electrons. The van der Waals surface area contributed by atoms with Crippen molar-refractivity contribution in [3.8, 4) is 0 Å². The van der Waals surface area contributed by atoms with E-state index in [0.717, 1.165) is 5.01 Å². The Balaban J connectivity index is 1.89. The fraction of sp³-hybridized carbons (Fsp3) is 0.312. The third-order valence-electron chi connectivity index (χ3n) is 3.17. The van der Waals surface area contributed by atoms with Gasteiger partial charge in [0.25, 0.3) is 5.91 Å². The van der Waals surface area contributed by atoms with Crippen LogP contribution in [0, 0.1) is 0 Å². The number of carbonyl (C=O) groups is 2. The van der Waals surface area contributed by atoms with Crippen molar-refractivity contribution in [3.63, 3.8) is 0 Å². The number of thiazole rings is 1. The number of nitrogens with zero attached hydrogens (tertiary/aromatic N) is 2. The van der Waals surface area contributed by atoms with Crippen molar-refractivity contribution in [1.29, 1.82) is 0 Å². The van der Waals surface area contributed by atoms with Crippen LogP contribution in [-0.2, 0) is 11.3 Å². The lowest BCUT2D eigenvalue weighted by atomic mass is 10.2. The highest BCUT2D eigenvalue weighted by Crippen LogP contribution is 2.16. The number of amides is 2. The van der Waals surface area contributed by atoms with Crippen LogP contribution < -0.4 is 16.4 Å². The van der Waals surface area contributed by atoms with E-state index in [1.165, 1.54) is 11.3 Å². The van der Waals surface area contributed by atoms with Crippen molar-refractivity contribution in [1.82, 2.24) is 9.88 Å². The molecule has 0 saturated heterocycles. The fourth-order valence-corrected chi connectivity index (χ4v) is 2.54. The summed E-state index contributed by atoms with van der Waals surface area (Å²) in [5.41, 5.74) is 7.16. The number of benzene rings is 1. The van der Waals surface area contributed by atoms with Crippen LogP contribution in [0.5, 0.6) is 0 Å². The molecule has 24 heavy (non-hydrogen) atoms. The van der Waals surface area contributed by atoms with Gasteiger partial charge in [0.1, 0.15) is 10.7 Å². The Morgan fingerprint density at radius 1 is 1.17 bits per heavy atom. The van der Waals surface area contributed by atoms with Gasteiger partial charge in [0, 0.05) is 36.3 Å². The maximum atomic E-state index is 12.1. The van der Waals surface area contributed by atoms with Crippen molar-refractivity contribution in [3.05, 3.63) is 40.3 Å². The molecule has 0 aliphatic carbocycles. The molecular weight excluding hydrogens is 326 g/mol. The number of hydrogen-bond acceptors (Lipinski definition) is 6. The Bertz CT molecular complexity index is 697. The van der Waals surface area contributed by atoms with Crippen LogP contribution in [0.25, 0.3) is 0 Å². The Kier molecular flexibility index (Phi) is 6.42. The van der Waals surface area contributed by atoms with Crippen LogP contribution in [0.1, 0.15) is 21.9 Å². The first-order valence-electron chi connectivity index (χ1n) is 7.48. The molecule has 0 bridgehead atoms. The second kappa shape index (κ2) is 8.53. The van der Waals surface area contributed by atoms with Crippen molar-refractivity contribution in [2.45, 2.75) is 13.0 Å². The van der Waals surface area contributed by atoms with Crippen LogP contribution in [-0.4, -0.2) is 42.3 Å². The second-order valence-electron chi connectivity index (χ2n) is 5.46.